The Morgan fingerprint density at radius 2 is 1.71 bits per heavy atom. The van der Waals surface area contributed by atoms with E-state index in [1.165, 1.54) is 21.3 Å². The van der Waals surface area contributed by atoms with Gasteiger partial charge in [0.15, 0.2) is 11.5 Å². The van der Waals surface area contributed by atoms with Crippen molar-refractivity contribution in [1.82, 2.24) is 9.97 Å². The van der Waals surface area contributed by atoms with Crippen LogP contribution in [0.2, 0.25) is 0 Å². The first-order valence-electron chi connectivity index (χ1n) is 10.0. The maximum Gasteiger partial charge on any atom is 0.329 e. The van der Waals surface area contributed by atoms with Crippen molar-refractivity contribution >= 4 is 39.6 Å². The standard InChI is InChI=1S/C23H21N5O6/c1-32-19-9-14(10-20(33-2)21(19)34-3)25-23-24-12-18(28(30)31)22(27-23)26-17-6-4-5-13-7-8-15(29)11-16(13)17/h4-12,29H,1-3H3,(H2,24,25,26,27). The van der Waals surface area contributed by atoms with Gasteiger partial charge in [0.05, 0.1) is 26.3 Å². The zero-order valence-corrected chi connectivity index (χ0v) is 18.5. The third-order valence-electron chi connectivity index (χ3n) is 5.01. The number of nitrogens with one attached hydrogen (secondary N) is 2. The SMILES string of the molecule is COc1cc(Nc2ncc([N+](=O)[O-])c(Nc3cccc4ccc(O)cc34)n2)cc(OC)c1OC. The molecule has 11 heteroatoms. The molecule has 0 amide bonds. The predicted molar refractivity (Wildman–Crippen MR) is 127 cm³/mol. The van der Waals surface area contributed by atoms with Gasteiger partial charge in [0.25, 0.3) is 0 Å². The lowest BCUT2D eigenvalue weighted by molar-refractivity contribution is -0.384. The molecule has 4 rings (SSSR count). The number of hydrogen-bond donors (Lipinski definition) is 3. The number of phenols is 1. The number of ether oxygens (including phenoxy) is 3. The molecule has 34 heavy (non-hydrogen) atoms. The summed E-state index contributed by atoms with van der Waals surface area (Å²) in [5, 5.41) is 29.0. The second kappa shape index (κ2) is 9.36. The smallest absolute Gasteiger partial charge is 0.329 e. The molecule has 1 aromatic heterocycles. The van der Waals surface area contributed by atoms with E-state index in [2.05, 4.69) is 20.6 Å². The molecule has 0 aliphatic carbocycles. The molecule has 0 radical (unpaired) electrons. The van der Waals surface area contributed by atoms with Crippen LogP contribution < -0.4 is 24.8 Å². The van der Waals surface area contributed by atoms with E-state index in [0.29, 0.717) is 34.0 Å². The van der Waals surface area contributed by atoms with Crippen molar-refractivity contribution in [3.63, 3.8) is 0 Å². The minimum Gasteiger partial charge on any atom is -0.508 e. The Labute approximate surface area is 194 Å². The summed E-state index contributed by atoms with van der Waals surface area (Å²) >= 11 is 0. The van der Waals surface area contributed by atoms with Gasteiger partial charge < -0.3 is 30.0 Å². The number of fused-ring (bicyclic) bond motifs is 1. The van der Waals surface area contributed by atoms with Crippen molar-refractivity contribution in [1.29, 1.82) is 0 Å². The van der Waals surface area contributed by atoms with Crippen LogP contribution in [0.5, 0.6) is 23.0 Å². The Hall–Kier alpha value is -4.80. The van der Waals surface area contributed by atoms with Gasteiger partial charge >= 0.3 is 5.69 Å². The fourth-order valence-electron chi connectivity index (χ4n) is 3.44. The van der Waals surface area contributed by atoms with Crippen molar-refractivity contribution in [2.45, 2.75) is 0 Å². The van der Waals surface area contributed by atoms with Crippen LogP contribution in [-0.2, 0) is 0 Å². The topological polar surface area (TPSA) is 141 Å². The Bertz CT molecular complexity index is 1350. The van der Waals surface area contributed by atoms with E-state index in [1.807, 2.05) is 6.07 Å². The number of aromatic nitrogens is 2. The number of rotatable bonds is 8. The number of nitro groups is 1. The maximum atomic E-state index is 11.6. The Morgan fingerprint density at radius 1 is 0.971 bits per heavy atom. The lowest BCUT2D eigenvalue weighted by Gasteiger charge is -2.15. The lowest BCUT2D eigenvalue weighted by atomic mass is 10.1. The zero-order valence-electron chi connectivity index (χ0n) is 18.5. The van der Waals surface area contributed by atoms with E-state index in [-0.39, 0.29) is 23.2 Å². The molecule has 3 N–H and O–H groups in total. The molecule has 4 aromatic rings. The molecule has 0 bridgehead atoms. The predicted octanol–water partition coefficient (Wildman–Crippen LogP) is 4.76. The summed E-state index contributed by atoms with van der Waals surface area (Å²) in [6, 6.07) is 13.6. The minimum atomic E-state index is -0.575. The third-order valence-corrected chi connectivity index (χ3v) is 5.01. The first-order chi connectivity index (χ1) is 16.4. The highest BCUT2D eigenvalue weighted by Gasteiger charge is 2.20. The van der Waals surface area contributed by atoms with Crippen LogP contribution in [0.4, 0.5) is 28.8 Å². The third kappa shape index (κ3) is 4.39. The van der Waals surface area contributed by atoms with Gasteiger partial charge in [-0.1, -0.05) is 18.2 Å². The average molecular weight is 463 g/mol. The van der Waals surface area contributed by atoms with Gasteiger partial charge in [-0.15, -0.1) is 0 Å². The normalized spacial score (nSPS) is 10.6. The Morgan fingerprint density at radius 3 is 2.35 bits per heavy atom. The Kier molecular flexibility index (Phi) is 6.17. The average Bonchev–Trinajstić information content (AvgIpc) is 2.83. The molecule has 0 aliphatic heterocycles. The van der Waals surface area contributed by atoms with Crippen molar-refractivity contribution in [3.8, 4) is 23.0 Å². The fourth-order valence-corrected chi connectivity index (χ4v) is 3.44. The van der Waals surface area contributed by atoms with E-state index in [0.717, 1.165) is 11.6 Å². The fraction of sp³-hybridized carbons (Fsp3) is 0.130. The monoisotopic (exact) mass is 463 g/mol. The largest absolute Gasteiger partial charge is 0.508 e. The van der Waals surface area contributed by atoms with Crippen LogP contribution in [0.25, 0.3) is 10.8 Å². The highest BCUT2D eigenvalue weighted by Crippen LogP contribution is 2.40. The van der Waals surface area contributed by atoms with Gasteiger partial charge in [-0.2, -0.15) is 4.98 Å². The van der Waals surface area contributed by atoms with Gasteiger partial charge in [-0.25, -0.2) is 4.98 Å². The number of anilines is 4. The number of phenolic OH excluding ortho intramolecular Hbond substituents is 1. The summed E-state index contributed by atoms with van der Waals surface area (Å²) in [6.45, 7) is 0. The quantitative estimate of drug-likeness (QED) is 0.247. The number of nitrogens with zero attached hydrogens (tertiary/aromatic N) is 3. The summed E-state index contributed by atoms with van der Waals surface area (Å²) in [5.41, 5.74) is 0.742. The van der Waals surface area contributed by atoms with Gasteiger partial charge in [0.2, 0.25) is 17.5 Å². The number of methoxy groups -OCH3 is 3. The summed E-state index contributed by atoms with van der Waals surface area (Å²) < 4.78 is 16.0. The number of aromatic hydroxyl groups is 1. The van der Waals surface area contributed by atoms with Gasteiger partial charge in [0, 0.05) is 28.9 Å². The molecule has 0 saturated heterocycles. The molecular formula is C23H21N5O6. The molecule has 3 aromatic carbocycles. The molecule has 0 unspecified atom stereocenters. The molecule has 11 nitrogen and oxygen atoms in total. The first-order valence-corrected chi connectivity index (χ1v) is 10.0. The van der Waals surface area contributed by atoms with E-state index in [1.54, 1.807) is 42.5 Å². The zero-order chi connectivity index (χ0) is 24.2. The summed E-state index contributed by atoms with van der Waals surface area (Å²) in [4.78, 5) is 19.4. The van der Waals surface area contributed by atoms with Crippen LogP contribution in [0.15, 0.2) is 54.7 Å². The van der Waals surface area contributed by atoms with Crippen molar-refractivity contribution in [2.75, 3.05) is 32.0 Å². The van der Waals surface area contributed by atoms with Crippen LogP contribution in [0, 0.1) is 10.1 Å². The van der Waals surface area contributed by atoms with E-state index >= 15 is 0 Å². The second-order valence-electron chi connectivity index (χ2n) is 7.06. The summed E-state index contributed by atoms with van der Waals surface area (Å²) in [5.74, 6) is 1.40. The summed E-state index contributed by atoms with van der Waals surface area (Å²) in [6.07, 6.45) is 1.11. The molecule has 0 aliphatic rings. The van der Waals surface area contributed by atoms with E-state index in [9.17, 15) is 15.2 Å². The van der Waals surface area contributed by atoms with Crippen molar-refractivity contribution < 1.29 is 24.2 Å². The Balaban J connectivity index is 1.73. The molecule has 0 atom stereocenters. The van der Waals surface area contributed by atoms with Gasteiger partial charge in [-0.05, 0) is 23.6 Å². The van der Waals surface area contributed by atoms with Crippen LogP contribution >= 0.6 is 0 Å². The number of hydrogen-bond acceptors (Lipinski definition) is 10. The lowest BCUT2D eigenvalue weighted by Crippen LogP contribution is -2.05. The van der Waals surface area contributed by atoms with Gasteiger partial charge in [-0.3, -0.25) is 10.1 Å². The molecule has 0 spiro atoms. The van der Waals surface area contributed by atoms with E-state index in [4.69, 9.17) is 14.2 Å². The van der Waals surface area contributed by atoms with Crippen molar-refractivity contribution in [3.05, 3.63) is 64.8 Å². The van der Waals surface area contributed by atoms with Crippen LogP contribution in [0.1, 0.15) is 0 Å². The molecule has 0 fully saturated rings. The van der Waals surface area contributed by atoms with Crippen LogP contribution in [0.3, 0.4) is 0 Å². The molecule has 1 heterocycles. The van der Waals surface area contributed by atoms with Gasteiger partial charge in [0.1, 0.15) is 11.9 Å². The second-order valence-corrected chi connectivity index (χ2v) is 7.06. The minimum absolute atomic E-state index is 0.0224. The van der Waals surface area contributed by atoms with Crippen molar-refractivity contribution in [2.24, 2.45) is 0 Å². The maximum absolute atomic E-state index is 11.6. The van der Waals surface area contributed by atoms with Crippen LogP contribution in [-0.4, -0.2) is 41.3 Å². The first kappa shape index (κ1) is 22.4. The molecule has 174 valence electrons. The molecule has 0 saturated carbocycles. The summed E-state index contributed by atoms with van der Waals surface area (Å²) in [7, 11) is 4.48. The highest BCUT2D eigenvalue weighted by atomic mass is 16.6. The number of benzene rings is 3. The highest BCUT2D eigenvalue weighted by molar-refractivity contribution is 5.96. The van der Waals surface area contributed by atoms with E-state index < -0.39 is 4.92 Å². The molecular weight excluding hydrogens is 442 g/mol.